The van der Waals surface area contributed by atoms with E-state index in [1.807, 2.05) is 12.1 Å². The molecule has 0 saturated carbocycles. The average molecular weight is 212 g/mol. The van der Waals surface area contributed by atoms with Crippen molar-refractivity contribution in [3.63, 3.8) is 0 Å². The molecule has 0 aliphatic carbocycles. The predicted molar refractivity (Wildman–Crippen MR) is 63.1 cm³/mol. The molecule has 1 aliphatic heterocycles. The highest BCUT2D eigenvalue weighted by Crippen LogP contribution is 2.17. The number of nitriles is 1. The van der Waals surface area contributed by atoms with E-state index in [2.05, 4.69) is 23.2 Å². The Morgan fingerprint density at radius 1 is 1.31 bits per heavy atom. The fourth-order valence-corrected chi connectivity index (χ4v) is 1.73. The highest BCUT2D eigenvalue weighted by Gasteiger charge is 2.18. The number of rotatable bonds is 1. The molecule has 2 N–H and O–H groups in total. The summed E-state index contributed by atoms with van der Waals surface area (Å²) in [4.78, 5) is 0. The maximum atomic E-state index is 8.71. The van der Waals surface area contributed by atoms with E-state index in [-0.39, 0.29) is 5.92 Å². The molecule has 16 heavy (non-hydrogen) atoms. The van der Waals surface area contributed by atoms with E-state index >= 15 is 0 Å². The maximum absolute atomic E-state index is 8.71. The minimum atomic E-state index is 0.269. The van der Waals surface area contributed by atoms with E-state index in [1.54, 1.807) is 12.1 Å². The maximum Gasteiger partial charge on any atom is 0.123 e. The van der Waals surface area contributed by atoms with Gasteiger partial charge >= 0.3 is 0 Å². The summed E-state index contributed by atoms with van der Waals surface area (Å²) in [6.45, 7) is 2.07. The molecule has 0 saturated heterocycles. The molecule has 0 bridgehead atoms. The van der Waals surface area contributed by atoms with Crippen molar-refractivity contribution in [3.8, 4) is 6.07 Å². The van der Waals surface area contributed by atoms with Crippen LogP contribution in [0.4, 0.5) is 0 Å². The lowest BCUT2D eigenvalue weighted by Gasteiger charge is -2.17. The minimum absolute atomic E-state index is 0.269. The highest BCUT2D eigenvalue weighted by molar-refractivity contribution is 6.05. The lowest BCUT2D eigenvalue weighted by atomic mass is 9.94. The lowest BCUT2D eigenvalue weighted by Crippen LogP contribution is -2.25. The van der Waals surface area contributed by atoms with Gasteiger partial charge in [-0.2, -0.15) is 10.4 Å². The van der Waals surface area contributed by atoms with Gasteiger partial charge in [-0.3, -0.25) is 0 Å². The second kappa shape index (κ2) is 4.15. The van der Waals surface area contributed by atoms with Crippen molar-refractivity contribution >= 4 is 11.5 Å². The Bertz CT molecular complexity index is 491. The van der Waals surface area contributed by atoms with Crippen LogP contribution in [0.25, 0.3) is 0 Å². The fraction of sp³-hybridized carbons (Fsp3) is 0.250. The third kappa shape index (κ3) is 1.94. The normalized spacial score (nSPS) is 19.6. The SMILES string of the molecule is CC1CC(N)=NN=C1c1ccc(C#N)cc1. The first-order chi connectivity index (χ1) is 7.70. The molecule has 1 aliphatic rings. The van der Waals surface area contributed by atoms with Crippen LogP contribution >= 0.6 is 0 Å². The van der Waals surface area contributed by atoms with Crippen molar-refractivity contribution in [2.45, 2.75) is 13.3 Å². The largest absolute Gasteiger partial charge is 0.386 e. The van der Waals surface area contributed by atoms with Crippen LogP contribution in [-0.2, 0) is 0 Å². The molecule has 0 amide bonds. The van der Waals surface area contributed by atoms with E-state index in [4.69, 9.17) is 11.0 Å². The van der Waals surface area contributed by atoms with E-state index < -0.39 is 0 Å². The van der Waals surface area contributed by atoms with Gasteiger partial charge in [0.1, 0.15) is 5.84 Å². The molecule has 80 valence electrons. The molecular weight excluding hydrogens is 200 g/mol. The Kier molecular flexibility index (Phi) is 2.69. The molecule has 2 rings (SSSR count). The number of hydrogen-bond acceptors (Lipinski definition) is 4. The number of hydrogen-bond donors (Lipinski definition) is 1. The van der Waals surface area contributed by atoms with Crippen LogP contribution in [0.5, 0.6) is 0 Å². The van der Waals surface area contributed by atoms with Crippen molar-refractivity contribution in [1.82, 2.24) is 0 Å². The number of nitrogens with two attached hydrogens (primary N) is 1. The standard InChI is InChI=1S/C12H12N4/c1-8-6-11(14)15-16-12(8)10-4-2-9(7-13)3-5-10/h2-5,8H,6H2,1H3,(H2,14,15). The third-order valence-electron chi connectivity index (χ3n) is 2.58. The Balaban J connectivity index is 2.34. The molecule has 4 nitrogen and oxygen atoms in total. The molecule has 0 radical (unpaired) electrons. The first-order valence-corrected chi connectivity index (χ1v) is 5.11. The molecule has 0 aromatic heterocycles. The second-order valence-electron chi connectivity index (χ2n) is 3.87. The smallest absolute Gasteiger partial charge is 0.123 e. The quantitative estimate of drug-likeness (QED) is 0.768. The predicted octanol–water partition coefficient (Wildman–Crippen LogP) is 1.66. The molecule has 1 unspecified atom stereocenters. The van der Waals surface area contributed by atoms with E-state index in [1.165, 1.54) is 0 Å². The van der Waals surface area contributed by atoms with Gasteiger partial charge in [0, 0.05) is 12.3 Å². The first kappa shape index (κ1) is 10.4. The van der Waals surface area contributed by atoms with Gasteiger partial charge < -0.3 is 5.73 Å². The highest BCUT2D eigenvalue weighted by atomic mass is 15.2. The summed E-state index contributed by atoms with van der Waals surface area (Å²) in [5.74, 6) is 0.843. The summed E-state index contributed by atoms with van der Waals surface area (Å²) in [6, 6.07) is 9.44. The second-order valence-corrected chi connectivity index (χ2v) is 3.87. The van der Waals surface area contributed by atoms with Crippen LogP contribution in [0.3, 0.4) is 0 Å². The Hall–Kier alpha value is -2.15. The summed E-state index contributed by atoms with van der Waals surface area (Å²) >= 11 is 0. The third-order valence-corrected chi connectivity index (χ3v) is 2.58. The zero-order valence-electron chi connectivity index (χ0n) is 9.01. The number of amidine groups is 1. The summed E-state index contributed by atoms with van der Waals surface area (Å²) in [5.41, 5.74) is 8.19. The van der Waals surface area contributed by atoms with E-state index in [0.29, 0.717) is 11.4 Å². The molecule has 1 heterocycles. The van der Waals surface area contributed by atoms with Gasteiger partial charge in [0.2, 0.25) is 0 Å². The monoisotopic (exact) mass is 212 g/mol. The molecular formula is C12H12N4. The van der Waals surface area contributed by atoms with Crippen LogP contribution in [0, 0.1) is 17.2 Å². The van der Waals surface area contributed by atoms with Crippen LogP contribution in [0.15, 0.2) is 34.5 Å². The molecule has 4 heteroatoms. The fourth-order valence-electron chi connectivity index (χ4n) is 1.73. The molecule has 0 spiro atoms. The van der Waals surface area contributed by atoms with Crippen molar-refractivity contribution in [2.24, 2.45) is 21.9 Å². The first-order valence-electron chi connectivity index (χ1n) is 5.11. The Labute approximate surface area is 94.1 Å². The molecule has 0 fully saturated rings. The van der Waals surface area contributed by atoms with Crippen LogP contribution in [0.1, 0.15) is 24.5 Å². The van der Waals surface area contributed by atoms with Gasteiger partial charge in [0.25, 0.3) is 0 Å². The van der Waals surface area contributed by atoms with E-state index in [0.717, 1.165) is 17.7 Å². The molecule has 1 aromatic carbocycles. The zero-order valence-corrected chi connectivity index (χ0v) is 9.01. The van der Waals surface area contributed by atoms with Crippen molar-refractivity contribution in [2.75, 3.05) is 0 Å². The van der Waals surface area contributed by atoms with E-state index in [9.17, 15) is 0 Å². The number of benzene rings is 1. The van der Waals surface area contributed by atoms with Gasteiger partial charge in [-0.25, -0.2) is 0 Å². The van der Waals surface area contributed by atoms with Crippen LogP contribution < -0.4 is 5.73 Å². The zero-order chi connectivity index (χ0) is 11.5. The summed E-state index contributed by atoms with van der Waals surface area (Å²) in [5, 5.41) is 16.7. The summed E-state index contributed by atoms with van der Waals surface area (Å²) < 4.78 is 0. The van der Waals surface area contributed by atoms with Gasteiger partial charge in [-0.15, -0.1) is 5.10 Å². The Morgan fingerprint density at radius 2 is 2.00 bits per heavy atom. The summed E-state index contributed by atoms with van der Waals surface area (Å²) in [6.07, 6.45) is 0.735. The van der Waals surface area contributed by atoms with Gasteiger partial charge in [0.05, 0.1) is 17.3 Å². The molecule has 1 aromatic rings. The van der Waals surface area contributed by atoms with Gasteiger partial charge in [-0.05, 0) is 17.7 Å². The average Bonchev–Trinajstić information content (AvgIpc) is 2.29. The summed E-state index contributed by atoms with van der Waals surface area (Å²) in [7, 11) is 0. The van der Waals surface area contributed by atoms with Crippen molar-refractivity contribution < 1.29 is 0 Å². The minimum Gasteiger partial charge on any atom is -0.386 e. The van der Waals surface area contributed by atoms with Crippen LogP contribution in [-0.4, -0.2) is 11.5 Å². The van der Waals surface area contributed by atoms with Crippen molar-refractivity contribution in [1.29, 1.82) is 5.26 Å². The molecule has 1 atom stereocenters. The topological polar surface area (TPSA) is 74.5 Å². The van der Waals surface area contributed by atoms with Crippen molar-refractivity contribution in [3.05, 3.63) is 35.4 Å². The Morgan fingerprint density at radius 3 is 2.56 bits per heavy atom. The number of nitrogens with zero attached hydrogens (tertiary/aromatic N) is 3. The van der Waals surface area contributed by atoms with Gasteiger partial charge in [-0.1, -0.05) is 19.1 Å². The van der Waals surface area contributed by atoms with Crippen LogP contribution in [0.2, 0.25) is 0 Å². The lowest BCUT2D eigenvalue weighted by molar-refractivity contribution is 0.783. The van der Waals surface area contributed by atoms with Gasteiger partial charge in [0.15, 0.2) is 0 Å².